The van der Waals surface area contributed by atoms with Gasteiger partial charge in [0.2, 0.25) is 0 Å². The Labute approximate surface area is 148 Å². The molecule has 0 aromatic rings. The summed E-state index contributed by atoms with van der Waals surface area (Å²) >= 11 is 10.9. The Kier molecular flexibility index (Phi) is 12.9. The summed E-state index contributed by atoms with van der Waals surface area (Å²) in [6.07, 6.45) is 6.75. The number of rotatable bonds is 11. The van der Waals surface area contributed by atoms with Gasteiger partial charge in [0.1, 0.15) is 18.1 Å². The van der Waals surface area contributed by atoms with Crippen molar-refractivity contribution in [3.63, 3.8) is 0 Å². The molecule has 0 aliphatic rings. The third kappa shape index (κ3) is 15.7. The lowest BCUT2D eigenvalue weighted by Crippen LogP contribution is -2.11. The number of alkyl halides is 2. The van der Waals surface area contributed by atoms with Gasteiger partial charge in [-0.15, -0.1) is 23.2 Å². The van der Waals surface area contributed by atoms with Crippen molar-refractivity contribution in [1.82, 2.24) is 0 Å². The summed E-state index contributed by atoms with van der Waals surface area (Å²) in [4.78, 5) is 22.1. The lowest BCUT2D eigenvalue weighted by molar-refractivity contribution is -0.144. The predicted octanol–water partition coefficient (Wildman–Crippen LogP) is 4.74. The predicted molar refractivity (Wildman–Crippen MR) is 93.7 cm³/mol. The van der Waals surface area contributed by atoms with E-state index < -0.39 is 10.8 Å². The number of hydrogen-bond acceptors (Lipinski definition) is 4. The highest BCUT2D eigenvalue weighted by Gasteiger charge is 2.08. The summed E-state index contributed by atoms with van der Waals surface area (Å²) in [5.41, 5.74) is 2.49. The fraction of sp³-hybridized carbons (Fsp3) is 0.647. The molecule has 0 saturated carbocycles. The van der Waals surface area contributed by atoms with Gasteiger partial charge in [-0.2, -0.15) is 0 Å². The second kappa shape index (κ2) is 13.4. The van der Waals surface area contributed by atoms with Crippen molar-refractivity contribution in [2.75, 3.05) is 13.2 Å². The smallest absolute Gasteiger partial charge is 0.306 e. The second-order valence-corrected chi connectivity index (χ2v) is 6.76. The zero-order valence-corrected chi connectivity index (χ0v) is 15.6. The molecule has 0 aromatic carbocycles. The maximum absolute atomic E-state index is 11.5. The second-order valence-electron chi connectivity index (χ2n) is 5.48. The number of halogens is 2. The maximum atomic E-state index is 11.5. The van der Waals surface area contributed by atoms with Gasteiger partial charge >= 0.3 is 11.9 Å². The number of ether oxygens (including phenoxy) is 2. The van der Waals surface area contributed by atoms with Crippen LogP contribution in [0.4, 0.5) is 0 Å². The minimum atomic E-state index is -0.726. The van der Waals surface area contributed by atoms with Crippen LogP contribution in [-0.4, -0.2) is 30.0 Å². The van der Waals surface area contributed by atoms with Gasteiger partial charge in [-0.1, -0.05) is 17.2 Å². The zero-order chi connectivity index (χ0) is 17.7. The van der Waals surface area contributed by atoms with Crippen molar-refractivity contribution < 1.29 is 19.1 Å². The monoisotopic (exact) mass is 364 g/mol. The minimum absolute atomic E-state index is 0.0385. The Morgan fingerprint density at radius 3 is 2.13 bits per heavy atom. The van der Waals surface area contributed by atoms with Crippen LogP contribution in [0, 0.1) is 0 Å². The highest BCUT2D eigenvalue weighted by molar-refractivity contribution is 6.44. The number of carbonyl (C=O) groups excluding carboxylic acids is 2. The van der Waals surface area contributed by atoms with Gasteiger partial charge in [0, 0.05) is 12.8 Å². The van der Waals surface area contributed by atoms with Crippen LogP contribution in [0.15, 0.2) is 23.3 Å². The summed E-state index contributed by atoms with van der Waals surface area (Å²) in [6.45, 7) is 6.39. The third-order valence-electron chi connectivity index (χ3n) is 2.90. The Balaban J connectivity index is 3.74. The van der Waals surface area contributed by atoms with Gasteiger partial charge in [0.15, 0.2) is 0 Å². The van der Waals surface area contributed by atoms with E-state index >= 15 is 0 Å². The van der Waals surface area contributed by atoms with E-state index in [2.05, 4.69) is 19.9 Å². The van der Waals surface area contributed by atoms with Crippen LogP contribution >= 0.6 is 23.2 Å². The van der Waals surface area contributed by atoms with Gasteiger partial charge in [0.05, 0.1) is 0 Å². The molecule has 0 aromatic heterocycles. The molecule has 0 saturated heterocycles. The zero-order valence-electron chi connectivity index (χ0n) is 14.1. The van der Waals surface area contributed by atoms with Gasteiger partial charge in [-0.25, -0.2) is 0 Å². The fourth-order valence-electron chi connectivity index (χ4n) is 1.64. The fourth-order valence-corrected chi connectivity index (χ4v) is 1.77. The van der Waals surface area contributed by atoms with Crippen molar-refractivity contribution in [1.29, 1.82) is 0 Å². The van der Waals surface area contributed by atoms with Crippen molar-refractivity contribution >= 4 is 35.1 Å². The van der Waals surface area contributed by atoms with E-state index in [0.29, 0.717) is 6.42 Å². The van der Waals surface area contributed by atoms with E-state index in [9.17, 15) is 9.59 Å². The van der Waals surface area contributed by atoms with Crippen molar-refractivity contribution in [3.8, 4) is 0 Å². The van der Waals surface area contributed by atoms with Crippen molar-refractivity contribution in [2.45, 2.75) is 57.7 Å². The topological polar surface area (TPSA) is 52.6 Å². The number of allylic oxidation sites excluding steroid dienone is 3. The average molecular weight is 365 g/mol. The van der Waals surface area contributed by atoms with E-state index in [1.165, 1.54) is 11.1 Å². The molecule has 0 bridgehead atoms. The summed E-state index contributed by atoms with van der Waals surface area (Å²) < 4.78 is 9.88. The number of hydrogen-bond donors (Lipinski definition) is 0. The Hall–Kier alpha value is -1.00. The van der Waals surface area contributed by atoms with Crippen LogP contribution in [0.1, 0.15) is 52.9 Å². The highest BCUT2D eigenvalue weighted by Crippen LogP contribution is 2.07. The molecule has 0 rings (SSSR count). The molecule has 0 aliphatic heterocycles. The van der Waals surface area contributed by atoms with Gasteiger partial charge < -0.3 is 9.47 Å². The van der Waals surface area contributed by atoms with E-state index in [1.807, 2.05) is 13.0 Å². The lowest BCUT2D eigenvalue weighted by atomic mass is 10.1. The summed E-state index contributed by atoms with van der Waals surface area (Å²) in [6, 6.07) is 0. The van der Waals surface area contributed by atoms with E-state index in [-0.39, 0.29) is 32.0 Å². The van der Waals surface area contributed by atoms with Crippen LogP contribution in [0.25, 0.3) is 0 Å². The Morgan fingerprint density at radius 2 is 1.57 bits per heavy atom. The molecule has 0 radical (unpaired) electrons. The molecular weight excluding hydrogens is 339 g/mol. The number of esters is 2. The van der Waals surface area contributed by atoms with E-state index in [0.717, 1.165) is 12.8 Å². The van der Waals surface area contributed by atoms with Crippen molar-refractivity contribution in [2.24, 2.45) is 0 Å². The first-order valence-corrected chi connectivity index (χ1v) is 8.57. The molecule has 0 N–H and O–H groups in total. The normalized spacial score (nSPS) is 11.3. The Morgan fingerprint density at radius 1 is 0.957 bits per heavy atom. The molecule has 0 spiro atoms. The number of carbonyl (C=O) groups is 2. The van der Waals surface area contributed by atoms with E-state index in [1.54, 1.807) is 0 Å². The van der Waals surface area contributed by atoms with Gasteiger partial charge in [-0.05, 0) is 46.1 Å². The molecule has 132 valence electrons. The van der Waals surface area contributed by atoms with E-state index in [4.69, 9.17) is 32.7 Å². The highest BCUT2D eigenvalue weighted by atomic mass is 35.5. The standard InChI is InChI=1S/C17H26Cl2O4/c1-13(2)6-4-7-14(3)10-11-22-16(20)8-5-9-17(21)23-12-15(18)19/h6,10,15H,4-5,7-9,11-12H2,1-3H3/b14-10+. The average Bonchev–Trinajstić information content (AvgIpc) is 2.44. The lowest BCUT2D eigenvalue weighted by Gasteiger charge is -2.05. The molecule has 0 fully saturated rings. The molecule has 0 atom stereocenters. The molecule has 0 unspecified atom stereocenters. The maximum Gasteiger partial charge on any atom is 0.306 e. The minimum Gasteiger partial charge on any atom is -0.463 e. The van der Waals surface area contributed by atoms with Crippen LogP contribution in [0.3, 0.4) is 0 Å². The molecule has 4 nitrogen and oxygen atoms in total. The largest absolute Gasteiger partial charge is 0.463 e. The summed E-state index contributed by atoms with van der Waals surface area (Å²) in [7, 11) is 0. The van der Waals surface area contributed by atoms with Gasteiger partial charge in [0.25, 0.3) is 0 Å². The molecule has 23 heavy (non-hydrogen) atoms. The molecule has 6 heteroatoms. The van der Waals surface area contributed by atoms with Crippen LogP contribution < -0.4 is 0 Å². The van der Waals surface area contributed by atoms with Gasteiger partial charge in [-0.3, -0.25) is 9.59 Å². The molecule has 0 amide bonds. The quantitative estimate of drug-likeness (QED) is 0.302. The van der Waals surface area contributed by atoms with Crippen LogP contribution in [-0.2, 0) is 19.1 Å². The Bertz CT molecular complexity index is 424. The summed E-state index contributed by atoms with van der Waals surface area (Å²) in [5, 5.41) is 0. The molecule has 0 aliphatic carbocycles. The molecular formula is C17H26Cl2O4. The molecule has 0 heterocycles. The van der Waals surface area contributed by atoms with Crippen molar-refractivity contribution in [3.05, 3.63) is 23.3 Å². The first kappa shape index (κ1) is 22.0. The third-order valence-corrected chi connectivity index (χ3v) is 3.15. The SMILES string of the molecule is CC(C)=CCC/C(C)=C/COC(=O)CCCC(=O)OCC(Cl)Cl. The first-order valence-electron chi connectivity index (χ1n) is 7.69. The first-order chi connectivity index (χ1) is 10.8. The van der Waals surface area contributed by atoms with Crippen LogP contribution in [0.5, 0.6) is 0 Å². The summed E-state index contributed by atoms with van der Waals surface area (Å²) in [5.74, 6) is -0.738. The van der Waals surface area contributed by atoms with Crippen LogP contribution in [0.2, 0.25) is 0 Å².